The molecule has 0 heterocycles. The van der Waals surface area contributed by atoms with Crippen LogP contribution in [0.4, 0.5) is 13.2 Å². The zero-order valence-electron chi connectivity index (χ0n) is 10.9. The molecular weight excluding hydrogens is 281 g/mol. The predicted octanol–water partition coefficient (Wildman–Crippen LogP) is 4.11. The fraction of sp³-hybridized carbons (Fsp3) is 0.188. The van der Waals surface area contributed by atoms with Gasteiger partial charge < -0.3 is 4.74 Å². The van der Waals surface area contributed by atoms with Gasteiger partial charge in [0.2, 0.25) is 0 Å². The lowest BCUT2D eigenvalue weighted by atomic mass is 9.74. The van der Waals surface area contributed by atoms with Gasteiger partial charge in [-0.2, -0.15) is 0 Å². The molecule has 0 amide bonds. The summed E-state index contributed by atoms with van der Waals surface area (Å²) in [5.41, 5.74) is 1.91. The van der Waals surface area contributed by atoms with Crippen molar-refractivity contribution in [2.45, 2.75) is 18.7 Å². The van der Waals surface area contributed by atoms with Crippen molar-refractivity contribution in [2.75, 3.05) is 0 Å². The third-order valence-corrected chi connectivity index (χ3v) is 3.55. The first kappa shape index (κ1) is 13.7. The molecule has 1 unspecified atom stereocenters. The highest BCUT2D eigenvalue weighted by molar-refractivity contribution is 6.04. The highest BCUT2D eigenvalue weighted by Crippen LogP contribution is 2.39. The van der Waals surface area contributed by atoms with Crippen LogP contribution in [0.1, 0.15) is 27.4 Å². The number of para-hydroxylation sites is 1. The van der Waals surface area contributed by atoms with Crippen LogP contribution in [0.2, 0.25) is 0 Å². The monoisotopic (exact) mass is 292 g/mol. The van der Waals surface area contributed by atoms with Crippen LogP contribution < -0.4 is 4.74 Å². The van der Waals surface area contributed by atoms with Crippen LogP contribution in [-0.2, 0) is 6.42 Å². The molecule has 1 atom stereocenters. The highest BCUT2D eigenvalue weighted by Gasteiger charge is 2.36. The number of carbonyl (C=O) groups is 1. The minimum atomic E-state index is -4.81. The Morgan fingerprint density at radius 3 is 2.43 bits per heavy atom. The summed E-state index contributed by atoms with van der Waals surface area (Å²) in [5, 5.41) is 0. The molecule has 0 aliphatic heterocycles. The van der Waals surface area contributed by atoms with Crippen molar-refractivity contribution in [2.24, 2.45) is 0 Å². The number of alkyl halides is 3. The van der Waals surface area contributed by atoms with E-state index < -0.39 is 12.1 Å². The van der Waals surface area contributed by atoms with E-state index >= 15 is 0 Å². The summed E-state index contributed by atoms with van der Waals surface area (Å²) in [6, 6.07) is 12.9. The molecule has 108 valence electrons. The summed E-state index contributed by atoms with van der Waals surface area (Å²) in [4.78, 5) is 12.4. The molecule has 0 saturated carbocycles. The number of hydrogen-bond acceptors (Lipinski definition) is 2. The normalized spacial score (nSPS) is 16.8. The van der Waals surface area contributed by atoms with Gasteiger partial charge in [-0.3, -0.25) is 4.79 Å². The van der Waals surface area contributed by atoms with E-state index in [2.05, 4.69) is 4.74 Å². The fourth-order valence-corrected chi connectivity index (χ4v) is 2.56. The maximum absolute atomic E-state index is 12.4. The molecule has 5 heteroatoms. The van der Waals surface area contributed by atoms with Gasteiger partial charge >= 0.3 is 6.36 Å². The third-order valence-electron chi connectivity index (χ3n) is 3.55. The smallest absolute Gasteiger partial charge is 0.405 e. The Balaban J connectivity index is 1.90. The summed E-state index contributed by atoms with van der Waals surface area (Å²) in [7, 11) is 0. The van der Waals surface area contributed by atoms with Crippen molar-refractivity contribution in [1.29, 1.82) is 0 Å². The number of rotatable bonds is 3. The Labute approximate surface area is 119 Å². The Kier molecular flexibility index (Phi) is 3.20. The summed E-state index contributed by atoms with van der Waals surface area (Å²) >= 11 is 0. The average molecular weight is 292 g/mol. The number of ketones is 1. The lowest BCUT2D eigenvalue weighted by Gasteiger charge is -2.29. The number of benzene rings is 2. The molecule has 0 N–H and O–H groups in total. The van der Waals surface area contributed by atoms with Gasteiger partial charge in [-0.25, -0.2) is 0 Å². The molecule has 0 aromatic heterocycles. The summed E-state index contributed by atoms with van der Waals surface area (Å²) in [6.07, 6.45) is -4.26. The highest BCUT2D eigenvalue weighted by atomic mass is 19.4. The van der Waals surface area contributed by atoms with Gasteiger partial charge in [-0.15, -0.1) is 13.2 Å². The Morgan fingerprint density at radius 1 is 1.05 bits per heavy atom. The predicted molar refractivity (Wildman–Crippen MR) is 70.3 cm³/mol. The summed E-state index contributed by atoms with van der Waals surface area (Å²) in [6.45, 7) is 0. The first-order valence-corrected chi connectivity index (χ1v) is 6.42. The molecule has 1 aliphatic rings. The summed E-state index contributed by atoms with van der Waals surface area (Å²) in [5.74, 6) is -1.17. The fourth-order valence-electron chi connectivity index (χ4n) is 2.56. The molecule has 0 radical (unpaired) electrons. The van der Waals surface area contributed by atoms with Crippen LogP contribution >= 0.6 is 0 Å². The SMILES string of the molecule is O=C(c1ccccc1OC(F)(F)F)C1Cc2ccccc21. The Morgan fingerprint density at radius 2 is 1.71 bits per heavy atom. The van der Waals surface area contributed by atoms with E-state index in [9.17, 15) is 18.0 Å². The Bertz CT molecular complexity index is 692. The van der Waals surface area contributed by atoms with E-state index in [0.29, 0.717) is 6.42 Å². The second-order valence-electron chi connectivity index (χ2n) is 4.86. The van der Waals surface area contributed by atoms with Gasteiger partial charge in [-0.1, -0.05) is 36.4 Å². The number of hydrogen-bond donors (Lipinski definition) is 0. The third kappa shape index (κ3) is 2.63. The zero-order valence-corrected chi connectivity index (χ0v) is 10.9. The van der Waals surface area contributed by atoms with E-state index in [4.69, 9.17) is 0 Å². The van der Waals surface area contributed by atoms with Gasteiger partial charge in [0.25, 0.3) is 0 Å². The molecule has 0 bridgehead atoms. The average Bonchev–Trinajstić information content (AvgIpc) is 2.39. The largest absolute Gasteiger partial charge is 0.573 e. The number of Topliss-reactive ketones (excluding diaryl/α,β-unsaturated/α-hetero) is 1. The number of halogens is 3. The van der Waals surface area contributed by atoms with Crippen molar-refractivity contribution in [1.82, 2.24) is 0 Å². The van der Waals surface area contributed by atoms with Gasteiger partial charge in [0, 0.05) is 0 Å². The zero-order chi connectivity index (χ0) is 15.0. The number of carbonyl (C=O) groups excluding carboxylic acids is 1. The number of fused-ring (bicyclic) bond motifs is 1. The molecule has 0 saturated heterocycles. The van der Waals surface area contributed by atoms with Gasteiger partial charge in [0.1, 0.15) is 5.75 Å². The molecule has 2 nitrogen and oxygen atoms in total. The van der Waals surface area contributed by atoms with Gasteiger partial charge in [0.05, 0.1) is 11.5 Å². The molecule has 0 spiro atoms. The van der Waals surface area contributed by atoms with Crippen molar-refractivity contribution in [3.8, 4) is 5.75 Å². The standard InChI is InChI=1S/C16H11F3O2/c17-16(18,19)21-14-8-4-3-7-12(14)15(20)13-9-10-5-1-2-6-11(10)13/h1-8,13H,9H2. The van der Waals surface area contributed by atoms with E-state index in [0.717, 1.165) is 17.2 Å². The lowest BCUT2D eigenvalue weighted by Crippen LogP contribution is -2.26. The van der Waals surface area contributed by atoms with Crippen molar-refractivity contribution in [3.05, 3.63) is 65.2 Å². The molecule has 21 heavy (non-hydrogen) atoms. The maximum Gasteiger partial charge on any atom is 0.573 e. The minimum Gasteiger partial charge on any atom is -0.405 e. The molecular formula is C16H11F3O2. The van der Waals surface area contributed by atoms with Crippen molar-refractivity contribution < 1.29 is 22.7 Å². The second-order valence-corrected chi connectivity index (χ2v) is 4.86. The van der Waals surface area contributed by atoms with Crippen LogP contribution in [0.5, 0.6) is 5.75 Å². The number of ether oxygens (including phenoxy) is 1. The first-order chi connectivity index (χ1) is 9.96. The van der Waals surface area contributed by atoms with Crippen LogP contribution in [0, 0.1) is 0 Å². The maximum atomic E-state index is 12.4. The molecule has 1 aliphatic carbocycles. The molecule has 0 fully saturated rings. The van der Waals surface area contributed by atoms with E-state index in [1.54, 1.807) is 0 Å². The van der Waals surface area contributed by atoms with Gasteiger partial charge in [0.15, 0.2) is 5.78 Å². The Hall–Kier alpha value is -2.30. The summed E-state index contributed by atoms with van der Waals surface area (Å²) < 4.78 is 41.1. The molecule has 2 aromatic rings. The molecule has 3 rings (SSSR count). The van der Waals surface area contributed by atoms with Crippen LogP contribution in [0.15, 0.2) is 48.5 Å². The van der Waals surface area contributed by atoms with E-state index in [1.165, 1.54) is 18.2 Å². The van der Waals surface area contributed by atoms with Crippen molar-refractivity contribution >= 4 is 5.78 Å². The second kappa shape index (κ2) is 4.91. The molecule has 2 aromatic carbocycles. The van der Waals surface area contributed by atoms with Crippen LogP contribution in [-0.4, -0.2) is 12.1 Å². The van der Waals surface area contributed by atoms with Crippen LogP contribution in [0.3, 0.4) is 0 Å². The minimum absolute atomic E-state index is 0.0330. The first-order valence-electron chi connectivity index (χ1n) is 6.42. The quantitative estimate of drug-likeness (QED) is 0.796. The van der Waals surface area contributed by atoms with E-state index in [-0.39, 0.29) is 17.3 Å². The van der Waals surface area contributed by atoms with Gasteiger partial charge in [-0.05, 0) is 29.7 Å². The lowest BCUT2D eigenvalue weighted by molar-refractivity contribution is -0.274. The van der Waals surface area contributed by atoms with Crippen molar-refractivity contribution in [3.63, 3.8) is 0 Å². The van der Waals surface area contributed by atoms with Crippen LogP contribution in [0.25, 0.3) is 0 Å². The topological polar surface area (TPSA) is 26.3 Å². The van der Waals surface area contributed by atoms with E-state index in [1.807, 2.05) is 24.3 Å².